The number of hydrogen-bond donors (Lipinski definition) is 2. The van der Waals surface area contributed by atoms with Crippen molar-refractivity contribution in [2.75, 3.05) is 11.9 Å². The van der Waals surface area contributed by atoms with Gasteiger partial charge in [-0.1, -0.05) is 13.8 Å². The lowest BCUT2D eigenvalue weighted by Crippen LogP contribution is -2.43. The second kappa shape index (κ2) is 8.65. The van der Waals surface area contributed by atoms with E-state index in [9.17, 15) is 14.4 Å². The van der Waals surface area contributed by atoms with Crippen molar-refractivity contribution in [3.63, 3.8) is 0 Å². The molecule has 1 atom stereocenters. The molecular weight excluding hydrogens is 320 g/mol. The van der Waals surface area contributed by atoms with Crippen molar-refractivity contribution in [2.24, 2.45) is 5.92 Å². The number of carboxylic acids is 1. The van der Waals surface area contributed by atoms with Gasteiger partial charge in [-0.3, -0.25) is 14.4 Å². The van der Waals surface area contributed by atoms with Crippen LogP contribution in [0.4, 0.5) is 5.69 Å². The largest absolute Gasteiger partial charge is 0.481 e. The Hall–Kier alpha value is -2.37. The quantitative estimate of drug-likeness (QED) is 0.828. The summed E-state index contributed by atoms with van der Waals surface area (Å²) >= 11 is 0. The van der Waals surface area contributed by atoms with Crippen LogP contribution in [-0.4, -0.2) is 40.4 Å². The molecule has 1 saturated heterocycles. The summed E-state index contributed by atoms with van der Waals surface area (Å²) in [7, 11) is 0. The van der Waals surface area contributed by atoms with Gasteiger partial charge in [0.15, 0.2) is 0 Å². The van der Waals surface area contributed by atoms with Gasteiger partial charge in [0, 0.05) is 36.2 Å². The number of amides is 2. The van der Waals surface area contributed by atoms with E-state index in [2.05, 4.69) is 5.32 Å². The number of carboxylic acid groups (broad SMARTS) is 1. The molecule has 1 heterocycles. The van der Waals surface area contributed by atoms with Gasteiger partial charge in [0.1, 0.15) is 0 Å². The Morgan fingerprint density at radius 1 is 1.20 bits per heavy atom. The third-order valence-electron chi connectivity index (χ3n) is 4.50. The summed E-state index contributed by atoms with van der Waals surface area (Å²) in [5, 5.41) is 11.7. The van der Waals surface area contributed by atoms with E-state index >= 15 is 0 Å². The molecule has 136 valence electrons. The first-order chi connectivity index (χ1) is 11.9. The molecule has 0 spiro atoms. The standard InChI is InChI=1S/C19H26N2O4/c1-13(2)18(24)20-15-8-6-14(7-9-15)19(25)21-12-4-3-5-16(21)10-11-17(22)23/h6-9,13,16H,3-5,10-12H2,1-2H3,(H,20,24)(H,22,23). The van der Waals surface area contributed by atoms with Gasteiger partial charge in [-0.2, -0.15) is 0 Å². The van der Waals surface area contributed by atoms with Crippen molar-refractivity contribution in [1.82, 2.24) is 4.90 Å². The molecule has 2 rings (SSSR count). The van der Waals surface area contributed by atoms with Gasteiger partial charge in [-0.05, 0) is 49.9 Å². The van der Waals surface area contributed by atoms with Crippen LogP contribution in [0, 0.1) is 5.92 Å². The number of benzene rings is 1. The van der Waals surface area contributed by atoms with E-state index in [0.717, 1.165) is 19.3 Å². The summed E-state index contributed by atoms with van der Waals surface area (Å²) in [6.45, 7) is 4.30. The minimum Gasteiger partial charge on any atom is -0.481 e. The highest BCUT2D eigenvalue weighted by Gasteiger charge is 2.27. The van der Waals surface area contributed by atoms with Crippen LogP contribution in [0.15, 0.2) is 24.3 Å². The zero-order valence-electron chi connectivity index (χ0n) is 14.8. The minimum atomic E-state index is -0.830. The van der Waals surface area contributed by atoms with Crippen LogP contribution in [0.5, 0.6) is 0 Å². The normalized spacial score (nSPS) is 17.4. The Balaban J connectivity index is 2.04. The fourth-order valence-corrected chi connectivity index (χ4v) is 3.01. The van der Waals surface area contributed by atoms with E-state index in [-0.39, 0.29) is 30.2 Å². The molecule has 0 bridgehead atoms. The van der Waals surface area contributed by atoms with E-state index < -0.39 is 5.97 Å². The number of nitrogens with zero attached hydrogens (tertiary/aromatic N) is 1. The van der Waals surface area contributed by atoms with Crippen LogP contribution >= 0.6 is 0 Å². The Kier molecular flexibility index (Phi) is 6.56. The van der Waals surface area contributed by atoms with Gasteiger partial charge in [-0.25, -0.2) is 0 Å². The van der Waals surface area contributed by atoms with E-state index in [1.54, 1.807) is 29.2 Å². The van der Waals surface area contributed by atoms with E-state index in [4.69, 9.17) is 5.11 Å². The summed E-state index contributed by atoms with van der Waals surface area (Å²) in [6, 6.07) is 6.85. The molecule has 1 aromatic rings. The predicted octanol–water partition coefficient (Wildman–Crippen LogP) is 3.14. The number of likely N-dealkylation sites (tertiary alicyclic amines) is 1. The van der Waals surface area contributed by atoms with Crippen LogP contribution in [-0.2, 0) is 9.59 Å². The molecule has 2 amide bonds. The number of hydrogen-bond acceptors (Lipinski definition) is 3. The van der Waals surface area contributed by atoms with E-state index in [1.165, 1.54) is 0 Å². The first-order valence-corrected chi connectivity index (χ1v) is 8.82. The molecule has 2 N–H and O–H groups in total. The summed E-state index contributed by atoms with van der Waals surface area (Å²) < 4.78 is 0. The van der Waals surface area contributed by atoms with Crippen LogP contribution in [0.2, 0.25) is 0 Å². The second-order valence-electron chi connectivity index (χ2n) is 6.80. The average molecular weight is 346 g/mol. The highest BCUT2D eigenvalue weighted by Crippen LogP contribution is 2.23. The van der Waals surface area contributed by atoms with Gasteiger partial charge < -0.3 is 15.3 Å². The number of carbonyl (C=O) groups excluding carboxylic acids is 2. The summed E-state index contributed by atoms with van der Waals surface area (Å²) in [5.74, 6) is -1.08. The lowest BCUT2D eigenvalue weighted by atomic mass is 9.97. The molecule has 1 fully saturated rings. The highest BCUT2D eigenvalue weighted by atomic mass is 16.4. The lowest BCUT2D eigenvalue weighted by molar-refractivity contribution is -0.137. The lowest BCUT2D eigenvalue weighted by Gasteiger charge is -2.35. The average Bonchev–Trinajstić information content (AvgIpc) is 2.60. The van der Waals surface area contributed by atoms with Crippen LogP contribution in [0.3, 0.4) is 0 Å². The number of rotatable bonds is 6. The van der Waals surface area contributed by atoms with Crippen molar-refractivity contribution in [2.45, 2.75) is 52.0 Å². The highest BCUT2D eigenvalue weighted by molar-refractivity contribution is 5.96. The summed E-state index contributed by atoms with van der Waals surface area (Å²) in [5.41, 5.74) is 1.22. The van der Waals surface area contributed by atoms with Gasteiger partial charge >= 0.3 is 5.97 Å². The molecule has 0 aliphatic carbocycles. The van der Waals surface area contributed by atoms with Gasteiger partial charge in [0.2, 0.25) is 5.91 Å². The first kappa shape index (κ1) is 19.0. The Labute approximate surface area is 148 Å². The minimum absolute atomic E-state index is 0.0160. The van der Waals surface area contributed by atoms with Gasteiger partial charge in [-0.15, -0.1) is 0 Å². The Morgan fingerprint density at radius 3 is 2.48 bits per heavy atom. The van der Waals surface area contributed by atoms with Gasteiger partial charge in [0.05, 0.1) is 0 Å². The fourth-order valence-electron chi connectivity index (χ4n) is 3.01. The van der Waals surface area contributed by atoms with E-state index in [0.29, 0.717) is 24.2 Å². The summed E-state index contributed by atoms with van der Waals surface area (Å²) in [6.07, 6.45) is 3.38. The molecule has 0 radical (unpaired) electrons. The van der Waals surface area contributed by atoms with Crippen molar-refractivity contribution in [3.05, 3.63) is 29.8 Å². The molecule has 25 heavy (non-hydrogen) atoms. The molecule has 0 saturated carbocycles. The van der Waals surface area contributed by atoms with Crippen molar-refractivity contribution in [1.29, 1.82) is 0 Å². The maximum Gasteiger partial charge on any atom is 0.303 e. The number of nitrogens with one attached hydrogen (secondary N) is 1. The molecule has 1 aromatic carbocycles. The first-order valence-electron chi connectivity index (χ1n) is 8.82. The molecule has 1 aliphatic heterocycles. The monoisotopic (exact) mass is 346 g/mol. The molecule has 1 unspecified atom stereocenters. The maximum atomic E-state index is 12.8. The predicted molar refractivity (Wildman–Crippen MR) is 95.5 cm³/mol. The van der Waals surface area contributed by atoms with Crippen molar-refractivity contribution >= 4 is 23.5 Å². The third-order valence-corrected chi connectivity index (χ3v) is 4.50. The van der Waals surface area contributed by atoms with Crippen LogP contribution in [0.1, 0.15) is 56.3 Å². The molecule has 6 heteroatoms. The number of anilines is 1. The Morgan fingerprint density at radius 2 is 1.88 bits per heavy atom. The molecular formula is C19H26N2O4. The topological polar surface area (TPSA) is 86.7 Å². The Bertz CT molecular complexity index is 625. The molecule has 0 aromatic heterocycles. The van der Waals surface area contributed by atoms with E-state index in [1.807, 2.05) is 13.8 Å². The maximum absolute atomic E-state index is 12.8. The fraction of sp³-hybridized carbons (Fsp3) is 0.526. The molecule has 1 aliphatic rings. The molecule has 6 nitrogen and oxygen atoms in total. The number of aliphatic carboxylic acids is 1. The SMILES string of the molecule is CC(C)C(=O)Nc1ccc(C(=O)N2CCCCC2CCC(=O)O)cc1. The number of piperidine rings is 1. The zero-order valence-corrected chi connectivity index (χ0v) is 14.8. The van der Waals surface area contributed by atoms with Crippen LogP contribution in [0.25, 0.3) is 0 Å². The van der Waals surface area contributed by atoms with Crippen molar-refractivity contribution in [3.8, 4) is 0 Å². The summed E-state index contributed by atoms with van der Waals surface area (Å²) in [4.78, 5) is 37.1. The van der Waals surface area contributed by atoms with Crippen molar-refractivity contribution < 1.29 is 19.5 Å². The zero-order chi connectivity index (χ0) is 18.4. The number of carbonyl (C=O) groups is 3. The van der Waals surface area contributed by atoms with Gasteiger partial charge in [0.25, 0.3) is 5.91 Å². The second-order valence-corrected chi connectivity index (χ2v) is 6.80. The smallest absolute Gasteiger partial charge is 0.303 e. The third kappa shape index (κ3) is 5.31. The van der Waals surface area contributed by atoms with Crippen LogP contribution < -0.4 is 5.32 Å².